The predicted molar refractivity (Wildman–Crippen MR) is 104 cm³/mol. The third-order valence-electron chi connectivity index (χ3n) is 4.59. The lowest BCUT2D eigenvalue weighted by atomic mass is 9.81. The fraction of sp³-hybridized carbons (Fsp3) is 0.579. The van der Waals surface area contributed by atoms with E-state index in [0.29, 0.717) is 13.0 Å². The van der Waals surface area contributed by atoms with E-state index in [1.165, 1.54) is 18.2 Å². The largest absolute Gasteiger partial charge is 0.351 e. The van der Waals surface area contributed by atoms with Crippen LogP contribution in [0.1, 0.15) is 50.4 Å². The summed E-state index contributed by atoms with van der Waals surface area (Å²) in [5.41, 5.74) is 0.439. The number of rotatable bonds is 6. The Balaban J connectivity index is 0.00000338. The Morgan fingerprint density at radius 2 is 1.92 bits per heavy atom. The van der Waals surface area contributed by atoms with Crippen molar-refractivity contribution < 1.29 is 14.0 Å². The van der Waals surface area contributed by atoms with Gasteiger partial charge in [0.1, 0.15) is 5.82 Å². The molecule has 0 atom stereocenters. The van der Waals surface area contributed by atoms with Crippen molar-refractivity contribution in [2.24, 2.45) is 11.3 Å². The van der Waals surface area contributed by atoms with Gasteiger partial charge in [0.2, 0.25) is 5.91 Å². The van der Waals surface area contributed by atoms with Crippen LogP contribution in [-0.2, 0) is 4.79 Å². The van der Waals surface area contributed by atoms with E-state index < -0.39 is 5.82 Å². The first-order valence-corrected chi connectivity index (χ1v) is 8.87. The maximum Gasteiger partial charge on any atom is 0.251 e. The first-order chi connectivity index (χ1) is 11.8. The topological polar surface area (TPSA) is 70.2 Å². The molecule has 26 heavy (non-hydrogen) atoms. The highest BCUT2D eigenvalue weighted by molar-refractivity contribution is 5.96. The summed E-state index contributed by atoms with van der Waals surface area (Å²) < 4.78 is 14.2. The summed E-state index contributed by atoms with van der Waals surface area (Å²) >= 11 is 0. The minimum atomic E-state index is -0.599. The van der Waals surface area contributed by atoms with Gasteiger partial charge in [-0.25, -0.2) is 4.39 Å². The predicted octanol–water partition coefficient (Wildman–Crippen LogP) is 3.35. The van der Waals surface area contributed by atoms with Gasteiger partial charge in [-0.1, -0.05) is 20.8 Å². The normalized spacial score (nSPS) is 15.9. The van der Waals surface area contributed by atoms with Gasteiger partial charge in [-0.3, -0.25) is 9.59 Å². The molecule has 1 heterocycles. The monoisotopic (exact) mass is 385 g/mol. The second kappa shape index (κ2) is 9.88. The first-order valence-electron chi connectivity index (χ1n) is 8.87. The van der Waals surface area contributed by atoms with Crippen LogP contribution in [0.4, 0.5) is 10.1 Å². The summed E-state index contributed by atoms with van der Waals surface area (Å²) in [5.74, 6) is -0.925. The molecular weight excluding hydrogens is 357 g/mol. The SMILES string of the molecule is CC(C)CC(=O)Nc1ccc(C(=O)NCC2(C)CCNCC2)cc1F.Cl. The van der Waals surface area contributed by atoms with Gasteiger partial charge in [-0.05, 0) is 55.5 Å². The molecule has 5 nitrogen and oxygen atoms in total. The summed E-state index contributed by atoms with van der Waals surface area (Å²) in [4.78, 5) is 24.0. The van der Waals surface area contributed by atoms with Crippen molar-refractivity contribution in [3.63, 3.8) is 0 Å². The molecule has 7 heteroatoms. The molecule has 1 saturated heterocycles. The molecule has 1 aromatic carbocycles. The Morgan fingerprint density at radius 1 is 1.27 bits per heavy atom. The first kappa shape index (κ1) is 22.4. The minimum Gasteiger partial charge on any atom is -0.351 e. The zero-order valence-corrected chi connectivity index (χ0v) is 16.5. The van der Waals surface area contributed by atoms with Crippen LogP contribution < -0.4 is 16.0 Å². The summed E-state index contributed by atoms with van der Waals surface area (Å²) in [7, 11) is 0. The van der Waals surface area contributed by atoms with Crippen LogP contribution in [0.3, 0.4) is 0 Å². The number of piperidine rings is 1. The van der Waals surface area contributed by atoms with E-state index in [2.05, 4.69) is 22.9 Å². The van der Waals surface area contributed by atoms with Crippen LogP contribution in [0, 0.1) is 17.2 Å². The molecule has 0 aromatic heterocycles. The zero-order valence-electron chi connectivity index (χ0n) is 15.7. The molecule has 1 aliphatic rings. The lowest BCUT2D eigenvalue weighted by Crippen LogP contribution is -2.42. The van der Waals surface area contributed by atoms with E-state index >= 15 is 0 Å². The molecule has 0 spiro atoms. The number of carbonyl (C=O) groups is 2. The maximum absolute atomic E-state index is 14.2. The molecule has 2 rings (SSSR count). The molecule has 3 N–H and O–H groups in total. The Bertz CT molecular complexity index is 631. The van der Waals surface area contributed by atoms with Gasteiger partial charge in [0.05, 0.1) is 5.69 Å². The van der Waals surface area contributed by atoms with Crippen LogP contribution in [0.25, 0.3) is 0 Å². The van der Waals surface area contributed by atoms with Gasteiger partial charge in [0.15, 0.2) is 0 Å². The molecule has 1 aliphatic heterocycles. The van der Waals surface area contributed by atoms with Gasteiger partial charge in [-0.2, -0.15) is 0 Å². The van der Waals surface area contributed by atoms with Crippen LogP contribution in [0.5, 0.6) is 0 Å². The van der Waals surface area contributed by atoms with Crippen LogP contribution in [0.2, 0.25) is 0 Å². The van der Waals surface area contributed by atoms with Crippen molar-refractivity contribution in [3.05, 3.63) is 29.6 Å². The van der Waals surface area contributed by atoms with Crippen molar-refractivity contribution in [3.8, 4) is 0 Å². The second-order valence-corrected chi connectivity index (χ2v) is 7.58. The third kappa shape index (κ3) is 6.57. The van der Waals surface area contributed by atoms with Crippen LogP contribution >= 0.6 is 12.4 Å². The fourth-order valence-electron chi connectivity index (χ4n) is 2.93. The highest BCUT2D eigenvalue weighted by Crippen LogP contribution is 2.27. The Labute approximate surface area is 160 Å². The minimum absolute atomic E-state index is 0. The van der Waals surface area contributed by atoms with Gasteiger partial charge in [0, 0.05) is 18.5 Å². The van der Waals surface area contributed by atoms with Crippen LogP contribution in [0.15, 0.2) is 18.2 Å². The molecule has 2 amide bonds. The summed E-state index contributed by atoms with van der Waals surface area (Å²) in [6.07, 6.45) is 2.33. The molecule has 1 aromatic rings. The summed E-state index contributed by atoms with van der Waals surface area (Å²) in [5, 5.41) is 8.75. The molecule has 146 valence electrons. The highest BCUT2D eigenvalue weighted by atomic mass is 35.5. The fourth-order valence-corrected chi connectivity index (χ4v) is 2.93. The quantitative estimate of drug-likeness (QED) is 0.703. The molecule has 0 unspecified atom stereocenters. The average molecular weight is 386 g/mol. The highest BCUT2D eigenvalue weighted by Gasteiger charge is 2.27. The third-order valence-corrected chi connectivity index (χ3v) is 4.59. The summed E-state index contributed by atoms with van der Waals surface area (Å²) in [6, 6.07) is 4.15. The molecule has 0 aliphatic carbocycles. The number of benzene rings is 1. The molecule has 1 fully saturated rings. The van der Waals surface area contributed by atoms with E-state index in [0.717, 1.165) is 25.9 Å². The Hall–Kier alpha value is -1.66. The Kier molecular flexibility index (Phi) is 8.50. The number of hydrogen-bond acceptors (Lipinski definition) is 3. The molecule has 0 bridgehead atoms. The van der Waals surface area contributed by atoms with Gasteiger partial charge < -0.3 is 16.0 Å². The second-order valence-electron chi connectivity index (χ2n) is 7.58. The van der Waals surface area contributed by atoms with E-state index in [1.807, 2.05) is 13.8 Å². The number of carbonyl (C=O) groups excluding carboxylic acids is 2. The number of anilines is 1. The molecular formula is C19H29ClFN3O2. The lowest BCUT2D eigenvalue weighted by Gasteiger charge is -2.34. The molecule has 0 saturated carbocycles. The van der Waals surface area contributed by atoms with Crippen molar-refractivity contribution in [1.29, 1.82) is 0 Å². The smallest absolute Gasteiger partial charge is 0.251 e. The number of hydrogen-bond donors (Lipinski definition) is 3. The maximum atomic E-state index is 14.2. The standard InChI is InChI=1S/C19H28FN3O2.ClH/c1-13(2)10-17(24)23-16-5-4-14(11-15(16)20)18(25)22-12-19(3)6-8-21-9-7-19;/h4-5,11,13,21H,6-10,12H2,1-3H3,(H,22,25)(H,23,24);1H. The van der Waals surface area contributed by atoms with Gasteiger partial charge >= 0.3 is 0 Å². The lowest BCUT2D eigenvalue weighted by molar-refractivity contribution is -0.116. The van der Waals surface area contributed by atoms with Crippen molar-refractivity contribution in [2.45, 2.75) is 40.0 Å². The van der Waals surface area contributed by atoms with Crippen molar-refractivity contribution in [2.75, 3.05) is 25.0 Å². The summed E-state index contributed by atoms with van der Waals surface area (Å²) in [6.45, 7) is 8.47. The number of halogens is 2. The zero-order chi connectivity index (χ0) is 18.4. The van der Waals surface area contributed by atoms with Gasteiger partial charge in [-0.15, -0.1) is 12.4 Å². The molecule has 0 radical (unpaired) electrons. The van der Waals surface area contributed by atoms with E-state index in [9.17, 15) is 14.0 Å². The number of nitrogens with one attached hydrogen (secondary N) is 3. The average Bonchev–Trinajstić information content (AvgIpc) is 2.54. The Morgan fingerprint density at radius 3 is 2.50 bits per heavy atom. The van der Waals surface area contributed by atoms with Crippen molar-refractivity contribution in [1.82, 2.24) is 10.6 Å². The van der Waals surface area contributed by atoms with Crippen LogP contribution in [-0.4, -0.2) is 31.4 Å². The van der Waals surface area contributed by atoms with E-state index in [-0.39, 0.29) is 46.8 Å². The van der Waals surface area contributed by atoms with Crippen molar-refractivity contribution >= 4 is 29.9 Å². The van der Waals surface area contributed by atoms with E-state index in [4.69, 9.17) is 0 Å². The van der Waals surface area contributed by atoms with E-state index in [1.54, 1.807) is 0 Å². The van der Waals surface area contributed by atoms with Gasteiger partial charge in [0.25, 0.3) is 5.91 Å². The number of amides is 2.